The molecule has 1 heterocycles. The van der Waals surface area contributed by atoms with Gasteiger partial charge in [-0.25, -0.2) is 8.42 Å². The molecule has 0 bridgehead atoms. The standard InChI is InChI=1S/C10H12N2O6S.Na/c13-12(14)8-1-2-9(10(7-8)19(15,16)17)11-3-5-18-6-4-11;/h1-2,7H,3-6H2,(H,15,16,17);/q;+1/p-1. The number of nitrogens with zero attached hydrogens (tertiary/aromatic N) is 2. The molecule has 0 radical (unpaired) electrons. The fraction of sp³-hybridized carbons (Fsp3) is 0.400. The van der Waals surface area contributed by atoms with Gasteiger partial charge in [0.15, 0.2) is 0 Å². The van der Waals surface area contributed by atoms with Crippen LogP contribution in [0.3, 0.4) is 0 Å². The summed E-state index contributed by atoms with van der Waals surface area (Å²) >= 11 is 0. The topological polar surface area (TPSA) is 113 Å². The van der Waals surface area contributed by atoms with Gasteiger partial charge in [0.05, 0.1) is 28.7 Å². The maximum Gasteiger partial charge on any atom is 1.00 e. The normalized spacial score (nSPS) is 15.6. The SMILES string of the molecule is O=[N+]([O-])c1ccc(N2CCOCC2)c(S(=O)(=O)[O-])c1.[Na+]. The molecule has 0 aromatic heterocycles. The van der Waals surface area contributed by atoms with Gasteiger partial charge in [-0.3, -0.25) is 10.1 Å². The Balaban J connectivity index is 0.00000200. The zero-order valence-corrected chi connectivity index (χ0v) is 13.6. The number of benzene rings is 1. The first-order valence-corrected chi connectivity index (χ1v) is 6.87. The van der Waals surface area contributed by atoms with Crippen LogP contribution in [0, 0.1) is 10.1 Å². The van der Waals surface area contributed by atoms with E-state index in [1.54, 1.807) is 4.90 Å². The summed E-state index contributed by atoms with van der Waals surface area (Å²) in [6, 6.07) is 3.26. The molecular formula is C10H11N2NaO6S. The smallest absolute Gasteiger partial charge is 0.744 e. The Hall–Kier alpha value is -0.710. The van der Waals surface area contributed by atoms with Gasteiger partial charge in [0.2, 0.25) is 0 Å². The molecule has 10 heteroatoms. The van der Waals surface area contributed by atoms with E-state index in [1.165, 1.54) is 12.1 Å². The molecule has 2 rings (SSSR count). The van der Waals surface area contributed by atoms with Crippen molar-refractivity contribution in [3.8, 4) is 0 Å². The Kier molecular flexibility index (Phi) is 5.92. The second-order valence-corrected chi connectivity index (χ2v) is 5.31. The van der Waals surface area contributed by atoms with Gasteiger partial charge in [0, 0.05) is 25.2 Å². The molecule has 0 aliphatic carbocycles. The van der Waals surface area contributed by atoms with Gasteiger partial charge in [0.25, 0.3) is 5.69 Å². The average Bonchev–Trinajstić information content (AvgIpc) is 2.38. The summed E-state index contributed by atoms with van der Waals surface area (Å²) in [5.74, 6) is 0. The summed E-state index contributed by atoms with van der Waals surface area (Å²) in [6.45, 7) is 1.69. The Morgan fingerprint density at radius 1 is 1.25 bits per heavy atom. The van der Waals surface area contributed by atoms with Crippen LogP contribution in [0.2, 0.25) is 0 Å². The number of non-ortho nitro benzene ring substituents is 1. The first-order valence-electron chi connectivity index (χ1n) is 5.46. The third kappa shape index (κ3) is 3.90. The fourth-order valence-corrected chi connectivity index (χ4v) is 2.60. The van der Waals surface area contributed by atoms with E-state index in [-0.39, 0.29) is 35.2 Å². The zero-order chi connectivity index (χ0) is 14.0. The average molecular weight is 310 g/mol. The minimum atomic E-state index is -4.78. The van der Waals surface area contributed by atoms with Crippen molar-refractivity contribution in [2.75, 3.05) is 31.2 Å². The number of ether oxygens (including phenoxy) is 1. The molecule has 0 spiro atoms. The second-order valence-electron chi connectivity index (χ2n) is 3.96. The summed E-state index contributed by atoms with van der Waals surface area (Å²) in [5.41, 5.74) is -0.240. The van der Waals surface area contributed by atoms with Gasteiger partial charge in [-0.2, -0.15) is 0 Å². The van der Waals surface area contributed by atoms with E-state index in [0.29, 0.717) is 26.3 Å². The van der Waals surface area contributed by atoms with E-state index in [2.05, 4.69) is 0 Å². The van der Waals surface area contributed by atoms with Crippen molar-refractivity contribution in [2.45, 2.75) is 4.90 Å². The molecule has 1 aliphatic rings. The third-order valence-corrected chi connectivity index (χ3v) is 3.64. The van der Waals surface area contributed by atoms with Gasteiger partial charge < -0.3 is 14.2 Å². The maximum atomic E-state index is 11.2. The van der Waals surface area contributed by atoms with Crippen molar-refractivity contribution in [1.82, 2.24) is 0 Å². The molecule has 1 saturated heterocycles. The number of hydrogen-bond acceptors (Lipinski definition) is 7. The van der Waals surface area contributed by atoms with Gasteiger partial charge in [-0.1, -0.05) is 0 Å². The summed E-state index contributed by atoms with van der Waals surface area (Å²) in [6.07, 6.45) is 0. The maximum absolute atomic E-state index is 11.2. The monoisotopic (exact) mass is 310 g/mol. The van der Waals surface area contributed by atoms with Crippen LogP contribution in [0.1, 0.15) is 0 Å². The molecule has 0 unspecified atom stereocenters. The van der Waals surface area contributed by atoms with Crippen LogP contribution in [-0.4, -0.2) is 44.2 Å². The first-order chi connectivity index (χ1) is 8.89. The second kappa shape index (κ2) is 6.83. The van der Waals surface area contributed by atoms with E-state index in [9.17, 15) is 23.1 Å². The molecular weight excluding hydrogens is 299 g/mol. The van der Waals surface area contributed by atoms with Crippen molar-refractivity contribution in [3.63, 3.8) is 0 Å². The number of anilines is 1. The molecule has 0 atom stereocenters. The summed E-state index contributed by atoms with van der Waals surface area (Å²) in [7, 11) is -4.78. The number of nitro groups is 1. The Bertz CT molecular complexity index is 600. The van der Waals surface area contributed by atoms with Crippen molar-refractivity contribution < 1.29 is 52.2 Å². The van der Waals surface area contributed by atoms with Crippen LogP contribution in [-0.2, 0) is 14.9 Å². The molecule has 0 N–H and O–H groups in total. The molecule has 1 aromatic rings. The Morgan fingerprint density at radius 3 is 2.35 bits per heavy atom. The van der Waals surface area contributed by atoms with Crippen molar-refractivity contribution in [2.24, 2.45) is 0 Å². The molecule has 1 aromatic carbocycles. The largest absolute Gasteiger partial charge is 1.00 e. The fourth-order valence-electron chi connectivity index (χ4n) is 1.88. The first kappa shape index (κ1) is 17.3. The number of hydrogen-bond donors (Lipinski definition) is 0. The van der Waals surface area contributed by atoms with E-state index in [4.69, 9.17) is 4.74 Å². The van der Waals surface area contributed by atoms with E-state index in [0.717, 1.165) is 6.07 Å². The third-order valence-electron chi connectivity index (χ3n) is 2.78. The van der Waals surface area contributed by atoms with Crippen LogP contribution in [0.25, 0.3) is 0 Å². The van der Waals surface area contributed by atoms with Gasteiger partial charge in [-0.15, -0.1) is 0 Å². The van der Waals surface area contributed by atoms with Crippen LogP contribution < -0.4 is 34.5 Å². The van der Waals surface area contributed by atoms with Crippen molar-refractivity contribution in [1.29, 1.82) is 0 Å². The van der Waals surface area contributed by atoms with Crippen molar-refractivity contribution in [3.05, 3.63) is 28.3 Å². The molecule has 0 saturated carbocycles. The molecule has 20 heavy (non-hydrogen) atoms. The summed E-state index contributed by atoms with van der Waals surface area (Å²) in [4.78, 5) is 11.0. The Morgan fingerprint density at radius 2 is 1.85 bits per heavy atom. The van der Waals surface area contributed by atoms with Crippen LogP contribution in [0.15, 0.2) is 23.1 Å². The van der Waals surface area contributed by atoms with Gasteiger partial charge in [-0.05, 0) is 6.07 Å². The summed E-state index contributed by atoms with van der Waals surface area (Å²) in [5, 5.41) is 10.6. The molecule has 1 fully saturated rings. The molecule has 104 valence electrons. The Labute approximate surface area is 137 Å². The zero-order valence-electron chi connectivity index (χ0n) is 10.8. The predicted molar refractivity (Wildman–Crippen MR) is 64.1 cm³/mol. The van der Waals surface area contributed by atoms with E-state index in [1.807, 2.05) is 0 Å². The van der Waals surface area contributed by atoms with Crippen LogP contribution >= 0.6 is 0 Å². The minimum Gasteiger partial charge on any atom is -0.744 e. The van der Waals surface area contributed by atoms with Crippen molar-refractivity contribution >= 4 is 21.5 Å². The van der Waals surface area contributed by atoms with Crippen LogP contribution in [0.5, 0.6) is 0 Å². The number of rotatable bonds is 3. The molecule has 8 nitrogen and oxygen atoms in total. The molecule has 0 amide bonds. The molecule has 1 aliphatic heterocycles. The van der Waals surface area contributed by atoms with E-state index < -0.39 is 25.6 Å². The number of morpholine rings is 1. The van der Waals surface area contributed by atoms with Crippen LogP contribution in [0.4, 0.5) is 11.4 Å². The predicted octanol–water partition coefficient (Wildman–Crippen LogP) is -2.66. The van der Waals surface area contributed by atoms with Gasteiger partial charge >= 0.3 is 29.6 Å². The van der Waals surface area contributed by atoms with Gasteiger partial charge in [0.1, 0.15) is 10.1 Å². The minimum absolute atomic E-state index is 0. The van der Waals surface area contributed by atoms with E-state index >= 15 is 0 Å². The quantitative estimate of drug-likeness (QED) is 0.259. The summed E-state index contributed by atoms with van der Waals surface area (Å²) < 4.78 is 38.8. The number of nitro benzene ring substituents is 1.